The van der Waals surface area contributed by atoms with Crippen molar-refractivity contribution in [1.29, 1.82) is 0 Å². The number of rotatable bonds is 0. The molecule has 0 aromatic carbocycles. The summed E-state index contributed by atoms with van der Waals surface area (Å²) in [6.45, 7) is 5.57. The van der Waals surface area contributed by atoms with Crippen LogP contribution in [0.2, 0.25) is 0 Å². The van der Waals surface area contributed by atoms with Crippen molar-refractivity contribution in [2.75, 3.05) is 0 Å². The van der Waals surface area contributed by atoms with Gasteiger partial charge in [0, 0.05) is 0 Å². The zero-order valence-electron chi connectivity index (χ0n) is 7.66. The normalized spacial score (nSPS) is 37.4. The molecule has 0 aliphatic carbocycles. The number of esters is 2. The molecule has 3 nitrogen and oxygen atoms in total. The standard InChI is InChI=1S/C9H14O3/c1-5-4-6(2)8(10)12-9(11)7(5)3/h5-7H,4H2,1-3H3. The lowest BCUT2D eigenvalue weighted by molar-refractivity contribution is -0.163. The van der Waals surface area contributed by atoms with Crippen LogP contribution in [-0.2, 0) is 14.3 Å². The Morgan fingerprint density at radius 3 is 2.33 bits per heavy atom. The molecule has 0 aromatic rings. The summed E-state index contributed by atoms with van der Waals surface area (Å²) in [4.78, 5) is 22.2. The van der Waals surface area contributed by atoms with Gasteiger partial charge in [-0.25, -0.2) is 0 Å². The number of ether oxygens (including phenoxy) is 1. The van der Waals surface area contributed by atoms with E-state index in [0.29, 0.717) is 0 Å². The Morgan fingerprint density at radius 2 is 1.75 bits per heavy atom. The van der Waals surface area contributed by atoms with Crippen LogP contribution >= 0.6 is 0 Å². The van der Waals surface area contributed by atoms with Crippen LogP contribution in [0.15, 0.2) is 0 Å². The van der Waals surface area contributed by atoms with Crippen LogP contribution in [0.4, 0.5) is 0 Å². The molecular formula is C9H14O3. The highest BCUT2D eigenvalue weighted by atomic mass is 16.6. The molecule has 0 radical (unpaired) electrons. The molecule has 1 heterocycles. The molecule has 0 amide bonds. The average Bonchev–Trinajstić information content (AvgIpc) is 2.07. The number of carbonyl (C=O) groups excluding carboxylic acids is 2. The number of hydrogen-bond acceptors (Lipinski definition) is 3. The van der Waals surface area contributed by atoms with Crippen LogP contribution in [0.5, 0.6) is 0 Å². The second-order valence-electron chi connectivity index (χ2n) is 3.64. The molecule has 0 aromatic heterocycles. The van der Waals surface area contributed by atoms with Gasteiger partial charge in [-0.15, -0.1) is 0 Å². The smallest absolute Gasteiger partial charge is 0.316 e. The number of hydrogen-bond donors (Lipinski definition) is 0. The monoisotopic (exact) mass is 170 g/mol. The van der Waals surface area contributed by atoms with Crippen molar-refractivity contribution >= 4 is 11.9 Å². The fourth-order valence-electron chi connectivity index (χ4n) is 1.38. The molecule has 3 heteroatoms. The highest BCUT2D eigenvalue weighted by Crippen LogP contribution is 2.25. The molecular weight excluding hydrogens is 156 g/mol. The Labute approximate surface area is 72.1 Å². The van der Waals surface area contributed by atoms with E-state index in [0.717, 1.165) is 6.42 Å². The first-order chi connectivity index (χ1) is 5.52. The third-order valence-corrected chi connectivity index (χ3v) is 2.55. The predicted molar refractivity (Wildman–Crippen MR) is 43.2 cm³/mol. The maximum atomic E-state index is 11.1. The van der Waals surface area contributed by atoms with E-state index in [1.165, 1.54) is 0 Å². The van der Waals surface area contributed by atoms with Crippen molar-refractivity contribution in [3.63, 3.8) is 0 Å². The van der Waals surface area contributed by atoms with Gasteiger partial charge in [-0.3, -0.25) is 9.59 Å². The maximum absolute atomic E-state index is 11.1. The first-order valence-electron chi connectivity index (χ1n) is 4.28. The van der Waals surface area contributed by atoms with Crippen molar-refractivity contribution in [2.45, 2.75) is 27.2 Å². The zero-order chi connectivity index (χ0) is 9.30. The van der Waals surface area contributed by atoms with Gasteiger partial charge in [-0.2, -0.15) is 0 Å². The zero-order valence-corrected chi connectivity index (χ0v) is 7.66. The topological polar surface area (TPSA) is 43.4 Å². The highest BCUT2D eigenvalue weighted by molar-refractivity contribution is 5.88. The summed E-state index contributed by atoms with van der Waals surface area (Å²) in [5.74, 6) is -0.820. The minimum absolute atomic E-state index is 0.145. The molecule has 0 saturated carbocycles. The Balaban J connectivity index is 2.78. The third-order valence-electron chi connectivity index (χ3n) is 2.55. The molecule has 0 spiro atoms. The lowest BCUT2D eigenvalue weighted by Crippen LogP contribution is -2.19. The van der Waals surface area contributed by atoms with E-state index in [1.54, 1.807) is 13.8 Å². The van der Waals surface area contributed by atoms with Gasteiger partial charge in [0.25, 0.3) is 0 Å². The summed E-state index contributed by atoms with van der Waals surface area (Å²) in [5.41, 5.74) is 0. The van der Waals surface area contributed by atoms with E-state index in [-0.39, 0.29) is 29.7 Å². The maximum Gasteiger partial charge on any atom is 0.316 e. The van der Waals surface area contributed by atoms with Crippen molar-refractivity contribution in [3.05, 3.63) is 0 Å². The Morgan fingerprint density at radius 1 is 1.17 bits per heavy atom. The second-order valence-corrected chi connectivity index (χ2v) is 3.64. The average molecular weight is 170 g/mol. The Kier molecular flexibility index (Phi) is 2.50. The van der Waals surface area contributed by atoms with Gasteiger partial charge < -0.3 is 4.74 Å². The van der Waals surface area contributed by atoms with Crippen molar-refractivity contribution in [2.24, 2.45) is 17.8 Å². The first-order valence-corrected chi connectivity index (χ1v) is 4.28. The molecule has 3 atom stereocenters. The van der Waals surface area contributed by atoms with Gasteiger partial charge in [-0.1, -0.05) is 20.8 Å². The molecule has 1 aliphatic rings. The SMILES string of the molecule is CC1CC(C)C(C)C(=O)OC1=O. The van der Waals surface area contributed by atoms with E-state index < -0.39 is 0 Å². The van der Waals surface area contributed by atoms with Crippen LogP contribution in [0.3, 0.4) is 0 Å². The van der Waals surface area contributed by atoms with E-state index in [4.69, 9.17) is 0 Å². The van der Waals surface area contributed by atoms with Gasteiger partial charge in [-0.05, 0) is 12.3 Å². The van der Waals surface area contributed by atoms with Crippen LogP contribution in [0.1, 0.15) is 27.2 Å². The van der Waals surface area contributed by atoms with Crippen molar-refractivity contribution in [1.82, 2.24) is 0 Å². The van der Waals surface area contributed by atoms with Crippen LogP contribution in [0, 0.1) is 17.8 Å². The van der Waals surface area contributed by atoms with Gasteiger partial charge in [0.1, 0.15) is 0 Å². The minimum atomic E-state index is -0.379. The molecule has 3 unspecified atom stereocenters. The summed E-state index contributed by atoms with van der Waals surface area (Å²) in [6, 6.07) is 0. The fraction of sp³-hybridized carbons (Fsp3) is 0.778. The lowest BCUT2D eigenvalue weighted by Gasteiger charge is -2.12. The fourth-order valence-corrected chi connectivity index (χ4v) is 1.38. The lowest BCUT2D eigenvalue weighted by atomic mass is 9.89. The quantitative estimate of drug-likeness (QED) is 0.407. The largest absolute Gasteiger partial charge is 0.393 e. The molecule has 1 aliphatic heterocycles. The highest BCUT2D eigenvalue weighted by Gasteiger charge is 2.32. The first kappa shape index (κ1) is 9.23. The van der Waals surface area contributed by atoms with Gasteiger partial charge in [0.15, 0.2) is 0 Å². The van der Waals surface area contributed by atoms with E-state index in [2.05, 4.69) is 4.74 Å². The third kappa shape index (κ3) is 1.65. The number of carbonyl (C=O) groups is 2. The molecule has 1 saturated heterocycles. The molecule has 0 N–H and O–H groups in total. The van der Waals surface area contributed by atoms with Gasteiger partial charge in [0.2, 0.25) is 0 Å². The number of cyclic esters (lactones) is 2. The molecule has 12 heavy (non-hydrogen) atoms. The van der Waals surface area contributed by atoms with Crippen LogP contribution < -0.4 is 0 Å². The Hall–Kier alpha value is -0.860. The minimum Gasteiger partial charge on any atom is -0.393 e. The van der Waals surface area contributed by atoms with Gasteiger partial charge in [0.05, 0.1) is 11.8 Å². The van der Waals surface area contributed by atoms with Crippen molar-refractivity contribution < 1.29 is 14.3 Å². The molecule has 1 fully saturated rings. The van der Waals surface area contributed by atoms with Gasteiger partial charge >= 0.3 is 11.9 Å². The van der Waals surface area contributed by atoms with Crippen molar-refractivity contribution in [3.8, 4) is 0 Å². The summed E-state index contributed by atoms with van der Waals surface area (Å²) < 4.78 is 4.63. The molecule has 0 bridgehead atoms. The predicted octanol–water partition coefficient (Wildman–Crippen LogP) is 1.37. The van der Waals surface area contributed by atoms with E-state index in [9.17, 15) is 9.59 Å². The molecule has 1 rings (SSSR count). The second kappa shape index (κ2) is 3.25. The Bertz CT molecular complexity index is 210. The van der Waals surface area contributed by atoms with E-state index >= 15 is 0 Å². The van der Waals surface area contributed by atoms with Crippen LogP contribution in [-0.4, -0.2) is 11.9 Å². The van der Waals surface area contributed by atoms with Crippen LogP contribution in [0.25, 0.3) is 0 Å². The summed E-state index contributed by atoms with van der Waals surface area (Å²) in [7, 11) is 0. The molecule has 68 valence electrons. The summed E-state index contributed by atoms with van der Waals surface area (Å²) >= 11 is 0. The van der Waals surface area contributed by atoms with E-state index in [1.807, 2.05) is 6.92 Å². The summed E-state index contributed by atoms with van der Waals surface area (Å²) in [5, 5.41) is 0. The summed E-state index contributed by atoms with van der Waals surface area (Å²) in [6.07, 6.45) is 0.742.